The molecule has 3 aromatic rings. The van der Waals surface area contributed by atoms with Crippen molar-refractivity contribution in [3.05, 3.63) is 41.7 Å². The van der Waals surface area contributed by atoms with E-state index in [1.165, 1.54) is 4.52 Å². The molecule has 5 rings (SSSR count). The number of imidazole rings is 1. The first kappa shape index (κ1) is 18.4. The molecule has 0 aromatic carbocycles. The third-order valence-corrected chi connectivity index (χ3v) is 5.65. The number of fused-ring (bicyclic) bond motifs is 1. The first-order valence-corrected chi connectivity index (χ1v) is 10.3. The van der Waals surface area contributed by atoms with Crippen molar-refractivity contribution in [2.24, 2.45) is 0 Å². The summed E-state index contributed by atoms with van der Waals surface area (Å²) in [5, 5.41) is 16.9. The van der Waals surface area contributed by atoms with E-state index in [2.05, 4.69) is 26.4 Å². The third-order valence-electron chi connectivity index (χ3n) is 5.65. The topological polar surface area (TPSA) is 102 Å². The van der Waals surface area contributed by atoms with E-state index in [0.29, 0.717) is 34.4 Å². The predicted octanol–water partition coefficient (Wildman–Crippen LogP) is 2.58. The van der Waals surface area contributed by atoms with Crippen LogP contribution >= 0.6 is 0 Å². The van der Waals surface area contributed by atoms with E-state index in [0.717, 1.165) is 51.9 Å². The Balaban J connectivity index is 1.51. The molecule has 3 aromatic heterocycles. The smallest absolute Gasteiger partial charge is 0.257 e. The summed E-state index contributed by atoms with van der Waals surface area (Å²) in [7, 11) is 0. The van der Waals surface area contributed by atoms with Gasteiger partial charge in [-0.2, -0.15) is 10.4 Å². The number of nitrogens with one attached hydrogen (secondary N) is 1. The zero-order chi connectivity index (χ0) is 20.5. The van der Waals surface area contributed by atoms with Crippen molar-refractivity contribution < 1.29 is 4.79 Å². The molecule has 9 heteroatoms. The summed E-state index contributed by atoms with van der Waals surface area (Å²) in [4.78, 5) is 26.4. The second kappa shape index (κ2) is 7.63. The highest BCUT2D eigenvalue weighted by Gasteiger charge is 2.27. The fourth-order valence-electron chi connectivity index (χ4n) is 4.14. The number of carbonyl (C=O) groups excluding carboxylic acids is 1. The van der Waals surface area contributed by atoms with Crippen molar-refractivity contribution in [3.63, 3.8) is 0 Å². The minimum atomic E-state index is 0.0445. The maximum absolute atomic E-state index is 13.1. The van der Waals surface area contributed by atoms with Crippen molar-refractivity contribution in [1.82, 2.24) is 24.5 Å². The average molecular weight is 402 g/mol. The van der Waals surface area contributed by atoms with E-state index in [-0.39, 0.29) is 5.91 Å². The van der Waals surface area contributed by atoms with Crippen LogP contribution in [0.2, 0.25) is 0 Å². The van der Waals surface area contributed by atoms with Crippen LogP contribution in [-0.4, -0.2) is 56.6 Å². The number of amides is 1. The van der Waals surface area contributed by atoms with Gasteiger partial charge in [0.1, 0.15) is 17.7 Å². The SMILES string of the molecule is N#Cc1c(Nc2ccc(C(=O)N3CCCC3)c(N3CCCC3)n2)nc2cccnn12. The van der Waals surface area contributed by atoms with Gasteiger partial charge < -0.3 is 15.1 Å². The maximum atomic E-state index is 13.1. The van der Waals surface area contributed by atoms with Crippen LogP contribution in [0.5, 0.6) is 0 Å². The normalized spacial score (nSPS) is 16.2. The van der Waals surface area contributed by atoms with E-state index < -0.39 is 0 Å². The lowest BCUT2D eigenvalue weighted by Gasteiger charge is -2.23. The molecule has 2 saturated heterocycles. The van der Waals surface area contributed by atoms with Crippen LogP contribution in [0, 0.1) is 11.3 Å². The van der Waals surface area contributed by atoms with Gasteiger partial charge in [0, 0.05) is 32.4 Å². The molecule has 1 amide bonds. The number of aromatic nitrogens is 4. The molecular weight excluding hydrogens is 380 g/mol. The minimum Gasteiger partial charge on any atom is -0.356 e. The molecule has 2 aliphatic rings. The molecule has 0 bridgehead atoms. The standard InChI is InChI=1S/C21H22N8O/c22-14-16-19(26-18-6-5-9-23-29(16)18)24-17-8-7-15(21(30)28-12-3-4-13-28)20(25-17)27-10-1-2-11-27/h5-9H,1-4,10-13H2,(H,24,25). The largest absolute Gasteiger partial charge is 0.356 e. The minimum absolute atomic E-state index is 0.0445. The highest BCUT2D eigenvalue weighted by molar-refractivity contribution is 5.99. The third kappa shape index (κ3) is 3.20. The Morgan fingerprint density at radius 2 is 1.80 bits per heavy atom. The van der Waals surface area contributed by atoms with Gasteiger partial charge in [-0.05, 0) is 49.9 Å². The van der Waals surface area contributed by atoms with E-state index in [1.807, 2.05) is 11.0 Å². The quantitative estimate of drug-likeness (QED) is 0.715. The number of nitriles is 1. The van der Waals surface area contributed by atoms with Gasteiger partial charge in [0.05, 0.1) is 5.56 Å². The number of hydrogen-bond donors (Lipinski definition) is 1. The molecule has 1 N–H and O–H groups in total. The summed E-state index contributed by atoms with van der Waals surface area (Å²) in [6, 6.07) is 9.33. The lowest BCUT2D eigenvalue weighted by Crippen LogP contribution is -2.31. The number of nitrogens with zero attached hydrogens (tertiary/aromatic N) is 7. The number of carbonyl (C=O) groups is 1. The highest BCUT2D eigenvalue weighted by Crippen LogP contribution is 2.28. The van der Waals surface area contributed by atoms with Gasteiger partial charge >= 0.3 is 0 Å². The van der Waals surface area contributed by atoms with Crippen molar-refractivity contribution in [2.75, 3.05) is 36.4 Å². The van der Waals surface area contributed by atoms with Gasteiger partial charge in [0.25, 0.3) is 5.91 Å². The Morgan fingerprint density at radius 1 is 1.03 bits per heavy atom. The molecule has 5 heterocycles. The summed E-state index contributed by atoms with van der Waals surface area (Å²) in [5.41, 5.74) is 1.53. The van der Waals surface area contributed by atoms with Crippen molar-refractivity contribution >= 4 is 29.0 Å². The van der Waals surface area contributed by atoms with Gasteiger partial charge in [-0.3, -0.25) is 4.79 Å². The Bertz CT molecular complexity index is 1140. The fraction of sp³-hybridized carbons (Fsp3) is 0.381. The molecule has 0 aliphatic carbocycles. The average Bonchev–Trinajstić information content (AvgIpc) is 3.54. The van der Waals surface area contributed by atoms with E-state index >= 15 is 0 Å². The Hall–Kier alpha value is -3.67. The first-order chi connectivity index (χ1) is 14.7. The summed E-state index contributed by atoms with van der Waals surface area (Å²) < 4.78 is 1.50. The summed E-state index contributed by atoms with van der Waals surface area (Å²) in [6.45, 7) is 3.38. The molecule has 2 fully saturated rings. The Labute approximate surface area is 173 Å². The number of pyridine rings is 1. The van der Waals surface area contributed by atoms with Crippen molar-refractivity contribution in [1.29, 1.82) is 5.26 Å². The number of likely N-dealkylation sites (tertiary alicyclic amines) is 1. The first-order valence-electron chi connectivity index (χ1n) is 10.3. The van der Waals surface area contributed by atoms with E-state index in [4.69, 9.17) is 4.98 Å². The van der Waals surface area contributed by atoms with Crippen molar-refractivity contribution in [2.45, 2.75) is 25.7 Å². The van der Waals surface area contributed by atoms with E-state index in [1.54, 1.807) is 24.4 Å². The highest BCUT2D eigenvalue weighted by atomic mass is 16.2. The molecule has 30 heavy (non-hydrogen) atoms. The van der Waals surface area contributed by atoms with Gasteiger partial charge in [0.2, 0.25) is 0 Å². The predicted molar refractivity (Wildman–Crippen MR) is 112 cm³/mol. The van der Waals surface area contributed by atoms with Gasteiger partial charge in [-0.1, -0.05) is 0 Å². The molecular formula is C21H22N8O. The van der Waals surface area contributed by atoms with Crippen LogP contribution in [0.4, 0.5) is 17.5 Å². The Morgan fingerprint density at radius 3 is 2.57 bits per heavy atom. The van der Waals surface area contributed by atoms with Crippen LogP contribution in [0.3, 0.4) is 0 Å². The fourth-order valence-corrected chi connectivity index (χ4v) is 4.14. The summed E-state index contributed by atoms with van der Waals surface area (Å²) >= 11 is 0. The lowest BCUT2D eigenvalue weighted by atomic mass is 10.2. The van der Waals surface area contributed by atoms with E-state index in [9.17, 15) is 10.1 Å². The molecule has 0 radical (unpaired) electrons. The molecule has 0 unspecified atom stereocenters. The molecule has 0 spiro atoms. The van der Waals surface area contributed by atoms with Gasteiger partial charge in [0.15, 0.2) is 17.2 Å². The van der Waals surface area contributed by atoms with Gasteiger partial charge in [-0.15, -0.1) is 0 Å². The zero-order valence-electron chi connectivity index (χ0n) is 16.6. The molecule has 9 nitrogen and oxygen atoms in total. The second-order valence-corrected chi connectivity index (χ2v) is 7.60. The second-order valence-electron chi connectivity index (χ2n) is 7.60. The van der Waals surface area contributed by atoms with Crippen LogP contribution < -0.4 is 10.2 Å². The molecule has 2 aliphatic heterocycles. The monoisotopic (exact) mass is 402 g/mol. The molecule has 152 valence electrons. The Kier molecular flexibility index (Phi) is 4.67. The lowest BCUT2D eigenvalue weighted by molar-refractivity contribution is 0.0793. The maximum Gasteiger partial charge on any atom is 0.257 e. The van der Waals surface area contributed by atoms with Crippen LogP contribution in [0.25, 0.3) is 5.65 Å². The van der Waals surface area contributed by atoms with Crippen molar-refractivity contribution in [3.8, 4) is 6.07 Å². The number of hydrogen-bond acceptors (Lipinski definition) is 7. The number of rotatable bonds is 4. The van der Waals surface area contributed by atoms with Gasteiger partial charge in [-0.25, -0.2) is 14.5 Å². The summed E-state index contributed by atoms with van der Waals surface area (Å²) in [5.74, 6) is 1.70. The summed E-state index contributed by atoms with van der Waals surface area (Å²) in [6.07, 6.45) is 5.90. The van der Waals surface area contributed by atoms with Crippen LogP contribution in [-0.2, 0) is 0 Å². The number of anilines is 3. The zero-order valence-corrected chi connectivity index (χ0v) is 16.6. The van der Waals surface area contributed by atoms with Crippen LogP contribution in [0.1, 0.15) is 41.7 Å². The molecule has 0 atom stereocenters. The molecule has 0 saturated carbocycles. The van der Waals surface area contributed by atoms with Crippen LogP contribution in [0.15, 0.2) is 30.5 Å².